The first kappa shape index (κ1) is 16.3. The number of benzene rings is 1. The fraction of sp³-hybridized carbons (Fsp3) is 0.647. The predicted molar refractivity (Wildman–Crippen MR) is 83.5 cm³/mol. The molecule has 0 radical (unpaired) electrons. The zero-order valence-corrected chi connectivity index (χ0v) is 12.9. The van der Waals surface area contributed by atoms with E-state index in [1.54, 1.807) is 0 Å². The Bertz CT molecular complexity index is 399. The third-order valence-corrected chi connectivity index (χ3v) is 4.11. The van der Waals surface area contributed by atoms with Crippen LogP contribution in [-0.4, -0.2) is 38.1 Å². The Morgan fingerprint density at radius 3 is 2.57 bits per heavy atom. The van der Waals surface area contributed by atoms with Crippen LogP contribution in [-0.2, 0) is 11.3 Å². The molecule has 1 aromatic carbocycles. The van der Waals surface area contributed by atoms with E-state index in [0.717, 1.165) is 57.9 Å². The molecule has 1 aromatic rings. The summed E-state index contributed by atoms with van der Waals surface area (Å²) in [5.41, 5.74) is 1.22. The predicted octanol–water partition coefficient (Wildman–Crippen LogP) is 2.35. The van der Waals surface area contributed by atoms with Crippen LogP contribution in [0, 0.1) is 5.41 Å². The van der Waals surface area contributed by atoms with E-state index >= 15 is 0 Å². The Balaban J connectivity index is 1.77. The fourth-order valence-electron chi connectivity index (χ4n) is 2.59. The van der Waals surface area contributed by atoms with Crippen LogP contribution in [0.2, 0.25) is 0 Å². The highest BCUT2D eigenvalue weighted by Gasteiger charge is 2.31. The molecule has 0 saturated carbocycles. The van der Waals surface area contributed by atoms with Gasteiger partial charge >= 0.3 is 0 Å². The second-order valence-corrected chi connectivity index (χ2v) is 5.87. The van der Waals surface area contributed by atoms with Crippen LogP contribution < -0.4 is 10.1 Å². The van der Waals surface area contributed by atoms with Gasteiger partial charge in [-0.25, -0.2) is 0 Å². The standard InChI is InChI=1S/C17H27NO3/c1-2-9-21-16-5-3-15(4-6-16)12-18-13-17(14-19)7-10-20-11-8-17/h3-6,18-19H,2,7-14H2,1H3. The molecule has 2 N–H and O–H groups in total. The molecule has 0 unspecified atom stereocenters. The Kier molecular flexibility index (Phi) is 6.49. The van der Waals surface area contributed by atoms with E-state index in [0.29, 0.717) is 0 Å². The average Bonchev–Trinajstić information content (AvgIpc) is 2.55. The molecule has 0 aliphatic carbocycles. The van der Waals surface area contributed by atoms with Gasteiger partial charge < -0.3 is 19.9 Å². The quantitative estimate of drug-likeness (QED) is 0.772. The smallest absolute Gasteiger partial charge is 0.119 e. The first-order valence-corrected chi connectivity index (χ1v) is 7.89. The van der Waals surface area contributed by atoms with Crippen molar-refractivity contribution in [2.45, 2.75) is 32.7 Å². The maximum atomic E-state index is 9.65. The molecule has 21 heavy (non-hydrogen) atoms. The van der Waals surface area contributed by atoms with Crippen LogP contribution in [0.5, 0.6) is 5.75 Å². The van der Waals surface area contributed by atoms with Crippen molar-refractivity contribution >= 4 is 0 Å². The van der Waals surface area contributed by atoms with Gasteiger partial charge in [-0.1, -0.05) is 19.1 Å². The molecule has 1 saturated heterocycles. The normalized spacial score (nSPS) is 17.6. The molecule has 4 heteroatoms. The summed E-state index contributed by atoms with van der Waals surface area (Å²) in [5.74, 6) is 0.928. The first-order valence-electron chi connectivity index (χ1n) is 7.89. The second kappa shape index (κ2) is 8.37. The Morgan fingerprint density at radius 2 is 1.95 bits per heavy atom. The highest BCUT2D eigenvalue weighted by atomic mass is 16.5. The number of aliphatic hydroxyl groups excluding tert-OH is 1. The van der Waals surface area contributed by atoms with E-state index < -0.39 is 0 Å². The van der Waals surface area contributed by atoms with Gasteiger partial charge in [-0.05, 0) is 37.0 Å². The Labute approximate surface area is 127 Å². The Hall–Kier alpha value is -1.10. The summed E-state index contributed by atoms with van der Waals surface area (Å²) < 4.78 is 11.0. The SMILES string of the molecule is CCCOc1ccc(CNCC2(CO)CCOCC2)cc1. The minimum atomic E-state index is -0.0115. The average molecular weight is 293 g/mol. The number of nitrogens with one attached hydrogen (secondary N) is 1. The molecule has 0 amide bonds. The molecule has 2 rings (SSSR count). The van der Waals surface area contributed by atoms with Crippen LogP contribution in [0.25, 0.3) is 0 Å². The molecule has 0 bridgehead atoms. The summed E-state index contributed by atoms with van der Waals surface area (Å²) in [5, 5.41) is 13.1. The van der Waals surface area contributed by atoms with Gasteiger partial charge in [0, 0.05) is 31.7 Å². The third kappa shape index (κ3) is 4.99. The van der Waals surface area contributed by atoms with Gasteiger partial charge in [-0.15, -0.1) is 0 Å². The monoisotopic (exact) mass is 293 g/mol. The minimum Gasteiger partial charge on any atom is -0.494 e. The zero-order valence-electron chi connectivity index (χ0n) is 12.9. The van der Waals surface area contributed by atoms with E-state index in [2.05, 4.69) is 24.4 Å². The third-order valence-electron chi connectivity index (χ3n) is 4.11. The highest BCUT2D eigenvalue weighted by Crippen LogP contribution is 2.29. The first-order chi connectivity index (χ1) is 10.3. The van der Waals surface area contributed by atoms with Crippen molar-refractivity contribution in [3.8, 4) is 5.75 Å². The summed E-state index contributed by atoms with van der Waals surface area (Å²) in [6.45, 7) is 6.26. The highest BCUT2D eigenvalue weighted by molar-refractivity contribution is 5.27. The maximum absolute atomic E-state index is 9.65. The van der Waals surface area contributed by atoms with E-state index in [9.17, 15) is 5.11 Å². The fourth-order valence-corrected chi connectivity index (χ4v) is 2.59. The summed E-state index contributed by atoms with van der Waals surface area (Å²) in [7, 11) is 0. The molecule has 0 atom stereocenters. The minimum absolute atomic E-state index is 0.0115. The molecule has 1 aliphatic heterocycles. The van der Waals surface area contributed by atoms with Crippen LogP contribution >= 0.6 is 0 Å². The van der Waals surface area contributed by atoms with Crippen molar-refractivity contribution in [3.05, 3.63) is 29.8 Å². The van der Waals surface area contributed by atoms with Gasteiger partial charge in [-0.3, -0.25) is 0 Å². The van der Waals surface area contributed by atoms with Gasteiger partial charge in [0.05, 0.1) is 13.2 Å². The summed E-state index contributed by atoms with van der Waals surface area (Å²) in [4.78, 5) is 0. The molecule has 0 aromatic heterocycles. The molecule has 118 valence electrons. The van der Waals surface area contributed by atoms with Crippen LogP contribution in [0.4, 0.5) is 0 Å². The largest absolute Gasteiger partial charge is 0.494 e. The van der Waals surface area contributed by atoms with Crippen LogP contribution in [0.1, 0.15) is 31.7 Å². The molecular weight excluding hydrogens is 266 g/mol. The molecular formula is C17H27NO3. The number of hydrogen-bond acceptors (Lipinski definition) is 4. The van der Waals surface area contributed by atoms with Gasteiger partial charge in [0.15, 0.2) is 0 Å². The number of hydrogen-bond donors (Lipinski definition) is 2. The molecule has 0 spiro atoms. The lowest BCUT2D eigenvalue weighted by molar-refractivity contribution is -0.0154. The zero-order chi connectivity index (χ0) is 15.0. The maximum Gasteiger partial charge on any atom is 0.119 e. The van der Waals surface area contributed by atoms with Crippen molar-refractivity contribution in [3.63, 3.8) is 0 Å². The number of ether oxygens (including phenoxy) is 2. The van der Waals surface area contributed by atoms with Crippen LogP contribution in [0.3, 0.4) is 0 Å². The topological polar surface area (TPSA) is 50.7 Å². The molecule has 1 aliphatic rings. The van der Waals surface area contributed by atoms with E-state index in [-0.39, 0.29) is 12.0 Å². The van der Waals surface area contributed by atoms with Gasteiger partial charge in [0.1, 0.15) is 5.75 Å². The lowest BCUT2D eigenvalue weighted by Gasteiger charge is -2.35. The summed E-state index contributed by atoms with van der Waals surface area (Å²) in [6.07, 6.45) is 2.89. The van der Waals surface area contributed by atoms with Gasteiger partial charge in [-0.2, -0.15) is 0 Å². The van der Waals surface area contributed by atoms with E-state index in [1.165, 1.54) is 5.56 Å². The Morgan fingerprint density at radius 1 is 1.24 bits per heavy atom. The molecule has 1 fully saturated rings. The van der Waals surface area contributed by atoms with Crippen molar-refractivity contribution in [2.75, 3.05) is 33.0 Å². The van der Waals surface area contributed by atoms with E-state index in [1.807, 2.05) is 12.1 Å². The number of aliphatic hydroxyl groups is 1. The lowest BCUT2D eigenvalue weighted by atomic mass is 9.81. The summed E-state index contributed by atoms with van der Waals surface area (Å²) >= 11 is 0. The van der Waals surface area contributed by atoms with Crippen molar-refractivity contribution in [2.24, 2.45) is 5.41 Å². The molecule has 1 heterocycles. The number of rotatable bonds is 8. The second-order valence-electron chi connectivity index (χ2n) is 5.87. The summed E-state index contributed by atoms with van der Waals surface area (Å²) in [6, 6.07) is 8.22. The van der Waals surface area contributed by atoms with Crippen molar-refractivity contribution < 1.29 is 14.6 Å². The van der Waals surface area contributed by atoms with Gasteiger partial charge in [0.2, 0.25) is 0 Å². The molecule has 4 nitrogen and oxygen atoms in total. The van der Waals surface area contributed by atoms with Gasteiger partial charge in [0.25, 0.3) is 0 Å². The lowest BCUT2D eigenvalue weighted by Crippen LogP contribution is -2.41. The van der Waals surface area contributed by atoms with E-state index in [4.69, 9.17) is 9.47 Å². The van der Waals surface area contributed by atoms with Crippen LogP contribution in [0.15, 0.2) is 24.3 Å². The van der Waals surface area contributed by atoms with Crippen molar-refractivity contribution in [1.29, 1.82) is 0 Å². The van der Waals surface area contributed by atoms with Crippen molar-refractivity contribution in [1.82, 2.24) is 5.32 Å².